The van der Waals surface area contributed by atoms with E-state index in [9.17, 15) is 0 Å². The Morgan fingerprint density at radius 2 is 2.05 bits per heavy atom. The molecule has 0 radical (unpaired) electrons. The van der Waals surface area contributed by atoms with E-state index < -0.39 is 0 Å². The highest BCUT2D eigenvalue weighted by Crippen LogP contribution is 2.24. The highest BCUT2D eigenvalue weighted by molar-refractivity contribution is 5.54. The van der Waals surface area contributed by atoms with Crippen LogP contribution in [-0.4, -0.2) is 38.6 Å². The Balaban J connectivity index is 1.66. The number of rotatable bonds is 4. The van der Waals surface area contributed by atoms with Crippen LogP contribution in [0.4, 0.5) is 0 Å². The third-order valence-corrected chi connectivity index (χ3v) is 4.81. The molecule has 0 atom stereocenters. The van der Waals surface area contributed by atoms with Crippen molar-refractivity contribution >= 4 is 0 Å². The van der Waals surface area contributed by atoms with E-state index in [4.69, 9.17) is 0 Å². The standard InChI is InChI=1S/C18H26N4/c1-14(2)22-8-5-15(6-9-22)10-16-4-7-20-17(11-16)18-12-19-13-21(18)3/h4,7,11-15H,5-6,8-10H2,1-3H3. The zero-order chi connectivity index (χ0) is 15.5. The lowest BCUT2D eigenvalue weighted by Gasteiger charge is -2.34. The molecule has 0 spiro atoms. The Bertz CT molecular complexity index is 609. The van der Waals surface area contributed by atoms with E-state index in [2.05, 4.69) is 40.8 Å². The zero-order valence-electron chi connectivity index (χ0n) is 13.9. The molecule has 0 N–H and O–H groups in total. The predicted molar refractivity (Wildman–Crippen MR) is 89.6 cm³/mol. The van der Waals surface area contributed by atoms with Gasteiger partial charge in [-0.05, 0) is 69.8 Å². The first-order chi connectivity index (χ1) is 10.6. The van der Waals surface area contributed by atoms with Gasteiger partial charge in [-0.1, -0.05) is 0 Å². The van der Waals surface area contributed by atoms with Crippen LogP contribution in [0.3, 0.4) is 0 Å². The molecule has 0 aliphatic carbocycles. The number of hydrogen-bond donors (Lipinski definition) is 0. The van der Waals surface area contributed by atoms with E-state index in [-0.39, 0.29) is 0 Å². The van der Waals surface area contributed by atoms with Gasteiger partial charge in [0.05, 0.1) is 23.9 Å². The lowest BCUT2D eigenvalue weighted by molar-refractivity contribution is 0.149. The van der Waals surface area contributed by atoms with Gasteiger partial charge in [0, 0.05) is 19.3 Å². The highest BCUT2D eigenvalue weighted by Gasteiger charge is 2.21. The molecule has 1 aliphatic rings. The van der Waals surface area contributed by atoms with Crippen LogP contribution < -0.4 is 0 Å². The molecule has 3 heterocycles. The highest BCUT2D eigenvalue weighted by atomic mass is 15.1. The summed E-state index contributed by atoms with van der Waals surface area (Å²) in [4.78, 5) is 11.3. The molecule has 4 heteroatoms. The number of hydrogen-bond acceptors (Lipinski definition) is 3. The summed E-state index contributed by atoms with van der Waals surface area (Å²) in [6.07, 6.45) is 9.42. The lowest BCUT2D eigenvalue weighted by Crippen LogP contribution is -2.38. The minimum Gasteiger partial charge on any atom is -0.332 e. The first-order valence-corrected chi connectivity index (χ1v) is 8.29. The van der Waals surface area contributed by atoms with Gasteiger partial charge in [0.25, 0.3) is 0 Å². The normalized spacial score (nSPS) is 17.3. The SMILES string of the molecule is CC(C)N1CCC(Cc2ccnc(-c3cncn3C)c2)CC1. The lowest BCUT2D eigenvalue weighted by atomic mass is 9.90. The molecule has 1 fully saturated rings. The van der Waals surface area contributed by atoms with E-state index in [1.807, 2.05) is 30.3 Å². The van der Waals surface area contributed by atoms with Gasteiger partial charge in [0.1, 0.15) is 0 Å². The summed E-state index contributed by atoms with van der Waals surface area (Å²) in [5.74, 6) is 0.803. The summed E-state index contributed by atoms with van der Waals surface area (Å²) in [6.45, 7) is 7.07. The summed E-state index contributed by atoms with van der Waals surface area (Å²) in [5.41, 5.74) is 3.50. The van der Waals surface area contributed by atoms with Crippen molar-refractivity contribution in [3.8, 4) is 11.4 Å². The van der Waals surface area contributed by atoms with Crippen molar-refractivity contribution < 1.29 is 0 Å². The number of pyridine rings is 1. The molecule has 118 valence electrons. The number of aryl methyl sites for hydroxylation is 1. The number of imidazole rings is 1. The maximum Gasteiger partial charge on any atom is 0.0948 e. The number of aromatic nitrogens is 3. The van der Waals surface area contributed by atoms with Crippen LogP contribution >= 0.6 is 0 Å². The van der Waals surface area contributed by atoms with Crippen LogP contribution in [0, 0.1) is 5.92 Å². The van der Waals surface area contributed by atoms with Gasteiger partial charge in [0.15, 0.2) is 0 Å². The van der Waals surface area contributed by atoms with Crippen LogP contribution in [0.1, 0.15) is 32.3 Å². The number of piperidine rings is 1. The maximum absolute atomic E-state index is 4.50. The van der Waals surface area contributed by atoms with Gasteiger partial charge >= 0.3 is 0 Å². The molecule has 1 aliphatic heterocycles. The van der Waals surface area contributed by atoms with Gasteiger partial charge < -0.3 is 9.47 Å². The van der Waals surface area contributed by atoms with Crippen LogP contribution in [0.2, 0.25) is 0 Å². The second kappa shape index (κ2) is 6.61. The molecular weight excluding hydrogens is 272 g/mol. The average molecular weight is 298 g/mol. The Labute approximate surface area is 133 Å². The Morgan fingerprint density at radius 1 is 1.27 bits per heavy atom. The number of nitrogens with zero attached hydrogens (tertiary/aromatic N) is 4. The summed E-state index contributed by atoms with van der Waals surface area (Å²) in [5, 5.41) is 0. The fourth-order valence-electron chi connectivity index (χ4n) is 3.35. The van der Waals surface area contributed by atoms with E-state index in [0.29, 0.717) is 6.04 Å². The Hall–Kier alpha value is -1.68. The van der Waals surface area contributed by atoms with Crippen molar-refractivity contribution in [2.24, 2.45) is 13.0 Å². The largest absolute Gasteiger partial charge is 0.332 e. The summed E-state index contributed by atoms with van der Waals surface area (Å²) in [7, 11) is 2.01. The summed E-state index contributed by atoms with van der Waals surface area (Å²) >= 11 is 0. The van der Waals surface area contributed by atoms with Crippen molar-refractivity contribution in [3.05, 3.63) is 36.4 Å². The molecule has 1 saturated heterocycles. The Kier molecular flexibility index (Phi) is 4.57. The second-order valence-corrected chi connectivity index (χ2v) is 6.72. The molecule has 22 heavy (non-hydrogen) atoms. The molecule has 0 amide bonds. The molecule has 4 nitrogen and oxygen atoms in total. The van der Waals surface area contributed by atoms with Gasteiger partial charge in [-0.25, -0.2) is 4.98 Å². The van der Waals surface area contributed by atoms with Gasteiger partial charge in [0.2, 0.25) is 0 Å². The minimum absolute atomic E-state index is 0.679. The van der Waals surface area contributed by atoms with Crippen LogP contribution in [0.25, 0.3) is 11.4 Å². The predicted octanol–water partition coefficient (Wildman–Crippen LogP) is 3.15. The first kappa shape index (κ1) is 15.2. The Morgan fingerprint density at radius 3 is 2.68 bits per heavy atom. The molecule has 0 saturated carbocycles. The third-order valence-electron chi connectivity index (χ3n) is 4.81. The van der Waals surface area contributed by atoms with E-state index in [1.165, 1.54) is 37.9 Å². The summed E-state index contributed by atoms with van der Waals surface area (Å²) < 4.78 is 2.02. The molecule has 2 aromatic rings. The van der Waals surface area contributed by atoms with Crippen molar-refractivity contribution in [2.45, 2.75) is 39.2 Å². The van der Waals surface area contributed by atoms with Crippen molar-refractivity contribution in [3.63, 3.8) is 0 Å². The summed E-state index contributed by atoms with van der Waals surface area (Å²) in [6, 6.07) is 5.07. The average Bonchev–Trinajstić information content (AvgIpc) is 2.94. The van der Waals surface area contributed by atoms with E-state index in [1.54, 1.807) is 0 Å². The second-order valence-electron chi connectivity index (χ2n) is 6.72. The van der Waals surface area contributed by atoms with Crippen LogP contribution in [0.15, 0.2) is 30.9 Å². The molecular formula is C18H26N4. The smallest absolute Gasteiger partial charge is 0.0948 e. The first-order valence-electron chi connectivity index (χ1n) is 8.29. The topological polar surface area (TPSA) is 34.0 Å². The minimum atomic E-state index is 0.679. The quantitative estimate of drug-likeness (QED) is 0.869. The van der Waals surface area contributed by atoms with Gasteiger partial charge in [-0.15, -0.1) is 0 Å². The molecule has 0 unspecified atom stereocenters. The van der Waals surface area contributed by atoms with Crippen molar-refractivity contribution in [1.82, 2.24) is 19.4 Å². The van der Waals surface area contributed by atoms with Crippen molar-refractivity contribution in [2.75, 3.05) is 13.1 Å². The molecule has 0 aromatic carbocycles. The fourth-order valence-corrected chi connectivity index (χ4v) is 3.35. The van der Waals surface area contributed by atoms with Crippen molar-refractivity contribution in [1.29, 1.82) is 0 Å². The maximum atomic E-state index is 4.50. The van der Waals surface area contributed by atoms with Gasteiger partial charge in [-0.3, -0.25) is 4.98 Å². The van der Waals surface area contributed by atoms with E-state index >= 15 is 0 Å². The molecule has 3 rings (SSSR count). The number of likely N-dealkylation sites (tertiary alicyclic amines) is 1. The van der Waals surface area contributed by atoms with Crippen LogP contribution in [0.5, 0.6) is 0 Å². The third kappa shape index (κ3) is 3.38. The van der Waals surface area contributed by atoms with Gasteiger partial charge in [-0.2, -0.15) is 0 Å². The molecule has 2 aromatic heterocycles. The molecule has 0 bridgehead atoms. The van der Waals surface area contributed by atoms with Crippen LogP contribution in [-0.2, 0) is 13.5 Å². The monoisotopic (exact) mass is 298 g/mol. The van der Waals surface area contributed by atoms with E-state index in [0.717, 1.165) is 17.3 Å². The zero-order valence-corrected chi connectivity index (χ0v) is 13.9. The fraction of sp³-hybridized carbons (Fsp3) is 0.556.